The lowest BCUT2D eigenvalue weighted by Gasteiger charge is -2.33. The minimum atomic E-state index is -0.360. The summed E-state index contributed by atoms with van der Waals surface area (Å²) in [4.78, 5) is 19.3. The van der Waals surface area contributed by atoms with Crippen LogP contribution in [0.15, 0.2) is 29.3 Å². The highest BCUT2D eigenvalue weighted by Crippen LogP contribution is 2.35. The first-order valence-electron chi connectivity index (χ1n) is 8.50. The van der Waals surface area contributed by atoms with E-state index in [0.717, 1.165) is 37.1 Å². The summed E-state index contributed by atoms with van der Waals surface area (Å²) in [7, 11) is 0. The molecule has 5 nitrogen and oxygen atoms in total. The Kier molecular flexibility index (Phi) is 5.15. The Morgan fingerprint density at radius 2 is 2.38 bits per heavy atom. The molecule has 0 aliphatic carbocycles. The van der Waals surface area contributed by atoms with Crippen LogP contribution in [0.2, 0.25) is 0 Å². The lowest BCUT2D eigenvalue weighted by atomic mass is 9.88. The van der Waals surface area contributed by atoms with Gasteiger partial charge in [0.25, 0.3) is 5.91 Å². The van der Waals surface area contributed by atoms with Crippen LogP contribution in [0.1, 0.15) is 42.1 Å². The SMILES string of the molecule is CC1(c2cccc(C(=O)N3CCCC(CO)C3)c2)CCSC(N)=N1. The number of nitrogens with zero attached hydrogens (tertiary/aromatic N) is 2. The van der Waals surface area contributed by atoms with E-state index in [4.69, 9.17) is 5.73 Å². The molecule has 24 heavy (non-hydrogen) atoms. The van der Waals surface area contributed by atoms with Gasteiger partial charge in [0, 0.05) is 31.0 Å². The van der Waals surface area contributed by atoms with Gasteiger partial charge >= 0.3 is 0 Å². The van der Waals surface area contributed by atoms with Gasteiger partial charge < -0.3 is 15.7 Å². The van der Waals surface area contributed by atoms with Gasteiger partial charge in [-0.25, -0.2) is 0 Å². The Bertz CT molecular complexity index is 649. The van der Waals surface area contributed by atoms with Gasteiger partial charge in [-0.2, -0.15) is 0 Å². The number of aliphatic hydroxyl groups is 1. The second-order valence-corrected chi connectivity index (χ2v) is 7.96. The molecule has 0 spiro atoms. The average molecular weight is 347 g/mol. The van der Waals surface area contributed by atoms with Crippen LogP contribution in [0.5, 0.6) is 0 Å². The topological polar surface area (TPSA) is 78.9 Å². The summed E-state index contributed by atoms with van der Waals surface area (Å²) < 4.78 is 0. The van der Waals surface area contributed by atoms with E-state index < -0.39 is 0 Å². The van der Waals surface area contributed by atoms with Crippen molar-refractivity contribution in [1.29, 1.82) is 0 Å². The first kappa shape index (κ1) is 17.3. The quantitative estimate of drug-likeness (QED) is 0.878. The molecule has 0 saturated carbocycles. The Hall–Kier alpha value is -1.53. The lowest BCUT2D eigenvalue weighted by molar-refractivity contribution is 0.0620. The van der Waals surface area contributed by atoms with Crippen molar-refractivity contribution < 1.29 is 9.90 Å². The molecule has 1 aromatic rings. The molecule has 0 bridgehead atoms. The molecule has 2 atom stereocenters. The molecule has 2 unspecified atom stereocenters. The van der Waals surface area contributed by atoms with E-state index in [2.05, 4.69) is 11.9 Å². The zero-order valence-electron chi connectivity index (χ0n) is 14.1. The molecule has 1 fully saturated rings. The van der Waals surface area contributed by atoms with Crippen LogP contribution in [0.25, 0.3) is 0 Å². The third kappa shape index (κ3) is 3.59. The molecule has 3 rings (SSSR count). The Labute approximate surface area is 147 Å². The van der Waals surface area contributed by atoms with Crippen molar-refractivity contribution in [3.05, 3.63) is 35.4 Å². The molecule has 2 aliphatic heterocycles. The number of hydrogen-bond donors (Lipinski definition) is 2. The summed E-state index contributed by atoms with van der Waals surface area (Å²) in [5.41, 5.74) is 7.28. The second kappa shape index (κ2) is 7.15. The first-order valence-corrected chi connectivity index (χ1v) is 9.49. The number of benzene rings is 1. The molecule has 1 amide bonds. The van der Waals surface area contributed by atoms with E-state index in [0.29, 0.717) is 17.3 Å². The maximum Gasteiger partial charge on any atom is 0.253 e. The standard InChI is InChI=1S/C18H25N3O2S/c1-18(7-9-24-17(19)20-18)15-6-2-5-14(10-15)16(23)21-8-3-4-13(11-21)12-22/h2,5-6,10,13,22H,3-4,7-9,11-12H2,1H3,(H2,19,20). The van der Waals surface area contributed by atoms with Crippen LogP contribution in [-0.2, 0) is 5.54 Å². The number of aliphatic hydroxyl groups excluding tert-OH is 1. The van der Waals surface area contributed by atoms with Crippen LogP contribution in [0.3, 0.4) is 0 Å². The fourth-order valence-corrected chi connectivity index (χ4v) is 4.44. The van der Waals surface area contributed by atoms with Crippen molar-refractivity contribution in [3.8, 4) is 0 Å². The number of piperidine rings is 1. The van der Waals surface area contributed by atoms with E-state index in [1.54, 1.807) is 11.8 Å². The molecule has 6 heteroatoms. The zero-order chi connectivity index (χ0) is 17.2. The third-order valence-corrected chi connectivity index (χ3v) is 5.79. The molecule has 1 saturated heterocycles. The van der Waals surface area contributed by atoms with Crippen LogP contribution in [-0.4, -0.2) is 46.5 Å². The number of carbonyl (C=O) groups excluding carboxylic acids is 1. The number of likely N-dealkylation sites (tertiary alicyclic amines) is 1. The Morgan fingerprint density at radius 3 is 3.12 bits per heavy atom. The first-order chi connectivity index (χ1) is 11.5. The summed E-state index contributed by atoms with van der Waals surface area (Å²) in [6, 6.07) is 7.77. The fourth-order valence-electron chi connectivity index (χ4n) is 3.46. The highest BCUT2D eigenvalue weighted by molar-refractivity contribution is 8.13. The van der Waals surface area contributed by atoms with Gasteiger partial charge in [-0.1, -0.05) is 23.9 Å². The van der Waals surface area contributed by atoms with Crippen LogP contribution in [0.4, 0.5) is 0 Å². The number of nitrogens with two attached hydrogens (primary N) is 1. The fraction of sp³-hybridized carbons (Fsp3) is 0.556. The highest BCUT2D eigenvalue weighted by atomic mass is 32.2. The monoisotopic (exact) mass is 347 g/mol. The predicted octanol–water partition coefficient (Wildman–Crippen LogP) is 2.20. The van der Waals surface area contributed by atoms with E-state index in [1.807, 2.05) is 29.2 Å². The number of carbonyl (C=O) groups is 1. The van der Waals surface area contributed by atoms with E-state index in [9.17, 15) is 9.90 Å². The zero-order valence-corrected chi connectivity index (χ0v) is 14.9. The molecule has 130 valence electrons. The van der Waals surface area contributed by atoms with Crippen LogP contribution in [0, 0.1) is 5.92 Å². The lowest BCUT2D eigenvalue weighted by Crippen LogP contribution is -2.41. The maximum absolute atomic E-state index is 12.8. The minimum Gasteiger partial charge on any atom is -0.396 e. The number of amidine groups is 1. The molecular formula is C18H25N3O2S. The van der Waals surface area contributed by atoms with Gasteiger partial charge in [-0.15, -0.1) is 0 Å². The van der Waals surface area contributed by atoms with Gasteiger partial charge in [0.2, 0.25) is 0 Å². The largest absolute Gasteiger partial charge is 0.396 e. The minimum absolute atomic E-state index is 0.0423. The smallest absolute Gasteiger partial charge is 0.253 e. The highest BCUT2D eigenvalue weighted by Gasteiger charge is 2.31. The normalized spacial score (nSPS) is 27.7. The molecule has 2 aliphatic rings. The van der Waals surface area contributed by atoms with E-state index >= 15 is 0 Å². The molecule has 2 heterocycles. The summed E-state index contributed by atoms with van der Waals surface area (Å²) in [5.74, 6) is 1.18. The number of hydrogen-bond acceptors (Lipinski definition) is 5. The summed E-state index contributed by atoms with van der Waals surface area (Å²) in [6.07, 6.45) is 2.85. The van der Waals surface area contributed by atoms with Crippen molar-refractivity contribution in [1.82, 2.24) is 4.90 Å². The van der Waals surface area contributed by atoms with Gasteiger partial charge in [-0.05, 0) is 49.8 Å². The average Bonchev–Trinajstić information content (AvgIpc) is 2.61. The summed E-state index contributed by atoms with van der Waals surface area (Å²) in [6.45, 7) is 3.62. The van der Waals surface area contributed by atoms with Gasteiger partial charge in [0.15, 0.2) is 5.17 Å². The van der Waals surface area contributed by atoms with Crippen LogP contribution >= 0.6 is 11.8 Å². The van der Waals surface area contributed by atoms with Crippen molar-refractivity contribution in [2.75, 3.05) is 25.4 Å². The Balaban J connectivity index is 1.82. The summed E-state index contributed by atoms with van der Waals surface area (Å²) >= 11 is 1.58. The van der Waals surface area contributed by atoms with Gasteiger partial charge in [-0.3, -0.25) is 9.79 Å². The number of aliphatic imine (C=N–C) groups is 1. The van der Waals surface area contributed by atoms with Crippen molar-refractivity contribution in [2.45, 2.75) is 31.7 Å². The van der Waals surface area contributed by atoms with Gasteiger partial charge in [0.05, 0.1) is 5.54 Å². The molecule has 3 N–H and O–H groups in total. The van der Waals surface area contributed by atoms with E-state index in [-0.39, 0.29) is 24.0 Å². The van der Waals surface area contributed by atoms with Crippen molar-refractivity contribution >= 4 is 22.8 Å². The predicted molar refractivity (Wildman–Crippen MR) is 98.2 cm³/mol. The molecule has 0 aromatic heterocycles. The van der Waals surface area contributed by atoms with Crippen molar-refractivity contribution in [3.63, 3.8) is 0 Å². The van der Waals surface area contributed by atoms with Gasteiger partial charge in [0.1, 0.15) is 0 Å². The maximum atomic E-state index is 12.8. The summed E-state index contributed by atoms with van der Waals surface area (Å²) in [5, 5.41) is 9.98. The van der Waals surface area contributed by atoms with Crippen molar-refractivity contribution in [2.24, 2.45) is 16.6 Å². The molecule has 1 aromatic carbocycles. The molecule has 0 radical (unpaired) electrons. The Morgan fingerprint density at radius 1 is 1.54 bits per heavy atom. The van der Waals surface area contributed by atoms with Crippen LogP contribution < -0.4 is 5.73 Å². The number of amides is 1. The number of thioether (sulfide) groups is 1. The molecular weight excluding hydrogens is 322 g/mol. The van der Waals surface area contributed by atoms with E-state index in [1.165, 1.54) is 0 Å². The number of rotatable bonds is 3. The third-order valence-electron chi connectivity index (χ3n) is 4.99. The second-order valence-electron chi connectivity index (χ2n) is 6.85.